The number of unbranched alkanes of at least 4 members (excludes halogenated alkanes) is 4. The molecule has 0 radical (unpaired) electrons. The summed E-state index contributed by atoms with van der Waals surface area (Å²) < 4.78 is 0. The summed E-state index contributed by atoms with van der Waals surface area (Å²) in [6, 6.07) is 0. The lowest BCUT2D eigenvalue weighted by atomic mass is 10.1. The van der Waals surface area contributed by atoms with E-state index in [2.05, 4.69) is 20.4 Å². The molecule has 78 valence electrons. The molecule has 0 nitrogen and oxygen atoms in total. The third-order valence-electron chi connectivity index (χ3n) is 2.11. The van der Waals surface area contributed by atoms with E-state index in [0.29, 0.717) is 0 Å². The van der Waals surface area contributed by atoms with Crippen molar-refractivity contribution in [3.05, 3.63) is 11.5 Å². The van der Waals surface area contributed by atoms with Crippen molar-refractivity contribution < 1.29 is 0 Å². The van der Waals surface area contributed by atoms with Crippen LogP contribution in [-0.2, 0) is 0 Å². The zero-order valence-corrected chi connectivity index (χ0v) is 10.1. The van der Waals surface area contributed by atoms with Crippen LogP contribution in [0.2, 0.25) is 0 Å². The number of hydrogen-bond donors (Lipinski definition) is 0. The van der Waals surface area contributed by atoms with Gasteiger partial charge in [-0.25, -0.2) is 0 Å². The van der Waals surface area contributed by atoms with Crippen molar-refractivity contribution in [1.82, 2.24) is 0 Å². The highest BCUT2D eigenvalue weighted by Crippen LogP contribution is 2.21. The van der Waals surface area contributed by atoms with Crippen LogP contribution in [-0.4, -0.2) is 5.75 Å². The summed E-state index contributed by atoms with van der Waals surface area (Å²) in [5.41, 5.74) is 0. The van der Waals surface area contributed by atoms with Gasteiger partial charge in [-0.1, -0.05) is 46.1 Å². The van der Waals surface area contributed by atoms with Gasteiger partial charge in [-0.05, 0) is 29.9 Å². The Labute approximate surface area is 88.2 Å². The molecule has 0 saturated heterocycles. The smallest absolute Gasteiger partial charge is 0.00236 e. The number of hydrogen-bond acceptors (Lipinski definition) is 1. The van der Waals surface area contributed by atoms with E-state index >= 15 is 0 Å². The highest BCUT2D eigenvalue weighted by Gasteiger charge is 1.95. The van der Waals surface area contributed by atoms with Gasteiger partial charge in [0.05, 0.1) is 0 Å². The molecule has 0 fully saturated rings. The molecule has 0 heterocycles. The van der Waals surface area contributed by atoms with Crippen LogP contribution in [0, 0.1) is 0 Å². The van der Waals surface area contributed by atoms with Crippen molar-refractivity contribution in [2.75, 3.05) is 5.75 Å². The highest BCUT2D eigenvalue weighted by atomic mass is 32.2. The molecule has 0 aliphatic carbocycles. The van der Waals surface area contributed by atoms with Crippen molar-refractivity contribution in [2.45, 2.75) is 58.8 Å². The summed E-state index contributed by atoms with van der Waals surface area (Å²) >= 11 is 1.96. The van der Waals surface area contributed by atoms with E-state index in [4.69, 9.17) is 0 Å². The van der Waals surface area contributed by atoms with Crippen LogP contribution in [0.5, 0.6) is 0 Å². The van der Waals surface area contributed by atoms with Crippen molar-refractivity contribution in [3.8, 4) is 0 Å². The fourth-order valence-corrected chi connectivity index (χ4v) is 2.19. The molecule has 0 saturated carbocycles. The minimum Gasteiger partial charge on any atom is -0.131 e. The molecule has 0 unspecified atom stereocenters. The Hall–Kier alpha value is 0.0900. The lowest BCUT2D eigenvalue weighted by Crippen LogP contribution is -1.82. The van der Waals surface area contributed by atoms with E-state index < -0.39 is 0 Å². The van der Waals surface area contributed by atoms with Crippen LogP contribution < -0.4 is 0 Å². The van der Waals surface area contributed by atoms with E-state index in [9.17, 15) is 0 Å². The van der Waals surface area contributed by atoms with Gasteiger partial charge in [0.25, 0.3) is 0 Å². The molecule has 0 aromatic carbocycles. The first-order valence-electron chi connectivity index (χ1n) is 5.61. The van der Waals surface area contributed by atoms with Crippen LogP contribution in [0.4, 0.5) is 0 Å². The summed E-state index contributed by atoms with van der Waals surface area (Å²) in [4.78, 5) is 1.39. The van der Waals surface area contributed by atoms with Crippen molar-refractivity contribution in [3.63, 3.8) is 0 Å². The Kier molecular flexibility index (Phi) is 10.2. The van der Waals surface area contributed by atoms with Gasteiger partial charge in [0, 0.05) is 0 Å². The molecule has 0 aromatic rings. The fraction of sp³-hybridized carbons (Fsp3) is 0.833. The van der Waals surface area contributed by atoms with E-state index in [0.717, 1.165) is 0 Å². The zero-order valence-electron chi connectivity index (χ0n) is 9.27. The quantitative estimate of drug-likeness (QED) is 0.472. The number of rotatable bonds is 9. The molecule has 0 aliphatic heterocycles. The van der Waals surface area contributed by atoms with E-state index in [1.165, 1.54) is 55.6 Å². The summed E-state index contributed by atoms with van der Waals surface area (Å²) in [7, 11) is 0. The summed E-state index contributed by atoms with van der Waals surface area (Å²) in [5.74, 6) is 1.27. The van der Waals surface area contributed by atoms with Crippen LogP contribution in [0.25, 0.3) is 0 Å². The predicted molar refractivity (Wildman–Crippen MR) is 65.3 cm³/mol. The maximum absolute atomic E-state index is 4.09. The predicted octanol–water partition coefficient (Wildman–Crippen LogP) is 5.00. The first-order valence-corrected chi connectivity index (χ1v) is 6.60. The number of thioether (sulfide) groups is 1. The van der Waals surface area contributed by atoms with Crippen LogP contribution >= 0.6 is 11.8 Å². The zero-order chi connectivity index (χ0) is 9.94. The molecule has 1 heteroatoms. The summed E-state index contributed by atoms with van der Waals surface area (Å²) in [6.07, 6.45) is 9.29. The Balaban J connectivity index is 3.11. The van der Waals surface area contributed by atoms with Gasteiger partial charge in [0.15, 0.2) is 0 Å². The van der Waals surface area contributed by atoms with E-state index in [1.807, 2.05) is 11.8 Å². The Morgan fingerprint density at radius 1 is 1.00 bits per heavy atom. The molecule has 0 atom stereocenters. The summed E-state index contributed by atoms with van der Waals surface area (Å²) in [5, 5.41) is 0. The van der Waals surface area contributed by atoms with Crippen LogP contribution in [0.1, 0.15) is 58.8 Å². The average Bonchev–Trinajstić information content (AvgIpc) is 2.13. The van der Waals surface area contributed by atoms with Gasteiger partial charge in [-0.3, -0.25) is 0 Å². The fourth-order valence-electron chi connectivity index (χ4n) is 1.18. The van der Waals surface area contributed by atoms with Gasteiger partial charge >= 0.3 is 0 Å². The maximum atomic E-state index is 4.09. The van der Waals surface area contributed by atoms with Crippen molar-refractivity contribution >= 4 is 11.8 Å². The van der Waals surface area contributed by atoms with Crippen molar-refractivity contribution in [1.29, 1.82) is 0 Å². The molecule has 0 bridgehead atoms. The largest absolute Gasteiger partial charge is 0.131 e. The van der Waals surface area contributed by atoms with E-state index in [-0.39, 0.29) is 0 Å². The Morgan fingerprint density at radius 2 is 1.69 bits per heavy atom. The first-order chi connectivity index (χ1) is 6.31. The molecule has 0 N–H and O–H groups in total. The minimum absolute atomic E-state index is 1.23. The topological polar surface area (TPSA) is 0 Å². The average molecular weight is 200 g/mol. The third-order valence-corrected chi connectivity index (χ3v) is 3.22. The molecule has 0 spiro atoms. The highest BCUT2D eigenvalue weighted by molar-refractivity contribution is 8.03. The Morgan fingerprint density at radius 3 is 2.31 bits per heavy atom. The normalized spacial score (nSPS) is 10.3. The molecule has 0 rings (SSSR count). The molecular formula is C12H24S. The SMILES string of the molecule is C=C(CCCCCC)SCCCC. The van der Waals surface area contributed by atoms with Gasteiger partial charge in [0.2, 0.25) is 0 Å². The van der Waals surface area contributed by atoms with Crippen LogP contribution in [0.15, 0.2) is 11.5 Å². The standard InChI is InChI=1S/C12H24S/c1-4-6-8-9-10-12(3)13-11-7-5-2/h3-11H2,1-2H3. The monoisotopic (exact) mass is 200 g/mol. The van der Waals surface area contributed by atoms with Crippen molar-refractivity contribution in [2.24, 2.45) is 0 Å². The number of allylic oxidation sites excluding steroid dienone is 1. The molecule has 13 heavy (non-hydrogen) atoms. The second-order valence-electron chi connectivity index (χ2n) is 3.55. The Bertz CT molecular complexity index is 118. The van der Waals surface area contributed by atoms with Gasteiger partial charge in [-0.15, -0.1) is 11.8 Å². The van der Waals surface area contributed by atoms with Gasteiger partial charge < -0.3 is 0 Å². The van der Waals surface area contributed by atoms with E-state index in [1.54, 1.807) is 0 Å². The molecule has 0 aliphatic rings. The lowest BCUT2D eigenvalue weighted by Gasteiger charge is -2.04. The van der Waals surface area contributed by atoms with Gasteiger partial charge in [-0.2, -0.15) is 0 Å². The molecule has 0 amide bonds. The molecular weight excluding hydrogens is 176 g/mol. The first kappa shape index (κ1) is 13.1. The lowest BCUT2D eigenvalue weighted by molar-refractivity contribution is 0.672. The van der Waals surface area contributed by atoms with Crippen LogP contribution in [0.3, 0.4) is 0 Å². The maximum Gasteiger partial charge on any atom is -0.00236 e. The molecule has 0 aromatic heterocycles. The second-order valence-corrected chi connectivity index (χ2v) is 4.83. The third kappa shape index (κ3) is 10.0. The van der Waals surface area contributed by atoms with Gasteiger partial charge in [0.1, 0.15) is 0 Å². The minimum atomic E-state index is 1.23. The summed E-state index contributed by atoms with van der Waals surface area (Å²) in [6.45, 7) is 8.58. The second kappa shape index (κ2) is 10.2.